The van der Waals surface area contributed by atoms with E-state index in [0.717, 1.165) is 40.4 Å². The van der Waals surface area contributed by atoms with Gasteiger partial charge in [-0.1, -0.05) is 76.2 Å². The summed E-state index contributed by atoms with van der Waals surface area (Å²) in [5.41, 5.74) is 3.19. The minimum Gasteiger partial charge on any atom is -0.0625 e. The molecule has 4 bridgehead atoms. The van der Waals surface area contributed by atoms with E-state index in [4.69, 9.17) is 0 Å². The molecule has 194 valence electrons. The summed E-state index contributed by atoms with van der Waals surface area (Å²) in [7, 11) is 0. The molecule has 0 aromatic heterocycles. The molecule has 0 aromatic rings. The summed E-state index contributed by atoms with van der Waals surface area (Å²) in [6.45, 7) is 26.1. The van der Waals surface area contributed by atoms with Gasteiger partial charge in [0.25, 0.3) is 0 Å². The highest BCUT2D eigenvalue weighted by Crippen LogP contribution is 2.63. The van der Waals surface area contributed by atoms with E-state index in [1.54, 1.807) is 38.5 Å². The van der Waals surface area contributed by atoms with Crippen molar-refractivity contribution in [3.05, 3.63) is 0 Å². The molecule has 6 saturated carbocycles. The van der Waals surface area contributed by atoms with Crippen LogP contribution in [0.4, 0.5) is 0 Å². The fraction of sp³-hybridized carbons (Fsp3) is 1.00. The molecule has 6 fully saturated rings. The Bertz CT molecular complexity index is 582. The zero-order valence-electron chi connectivity index (χ0n) is 24.9. The van der Waals surface area contributed by atoms with Crippen LogP contribution in [-0.2, 0) is 0 Å². The van der Waals surface area contributed by atoms with Crippen LogP contribution in [0.1, 0.15) is 153 Å². The van der Waals surface area contributed by atoms with Gasteiger partial charge in [0.15, 0.2) is 0 Å². The quantitative estimate of drug-likeness (QED) is 0.386. The average molecular weight is 459 g/mol. The van der Waals surface area contributed by atoms with Crippen LogP contribution in [0.5, 0.6) is 0 Å². The molecule has 0 atom stereocenters. The highest BCUT2D eigenvalue weighted by atomic mass is 14.6. The van der Waals surface area contributed by atoms with Gasteiger partial charge in [-0.15, -0.1) is 0 Å². The molecule has 0 unspecified atom stereocenters. The van der Waals surface area contributed by atoms with Crippen molar-refractivity contribution in [2.75, 3.05) is 0 Å². The predicted octanol–water partition coefficient (Wildman–Crippen LogP) is 10.9. The SMILES string of the molecule is CC(C)(C)CC1(C)CC1.CC(C)(C)CC12CC3CC(CC(C3)C1)C2.CC1CC(C(C)(C)C)C1. The summed E-state index contributed by atoms with van der Waals surface area (Å²) >= 11 is 0. The second kappa shape index (κ2) is 9.47. The summed E-state index contributed by atoms with van der Waals surface area (Å²) in [6, 6.07) is 0. The fourth-order valence-corrected chi connectivity index (χ4v) is 8.91. The topological polar surface area (TPSA) is 0 Å². The molecule has 0 aliphatic heterocycles. The highest BCUT2D eigenvalue weighted by molar-refractivity contribution is 5.02. The third-order valence-corrected chi connectivity index (χ3v) is 9.73. The first-order chi connectivity index (χ1) is 14.9. The second-order valence-electron chi connectivity index (χ2n) is 17.8. The van der Waals surface area contributed by atoms with Gasteiger partial charge in [-0.2, -0.15) is 0 Å². The Labute approximate surface area is 209 Å². The Morgan fingerprint density at radius 2 is 1.00 bits per heavy atom. The summed E-state index contributed by atoms with van der Waals surface area (Å²) in [6.07, 6.45) is 18.2. The minimum absolute atomic E-state index is 0.547. The smallest absolute Gasteiger partial charge is 0.0285 e. The third kappa shape index (κ3) is 8.56. The Morgan fingerprint density at radius 3 is 1.21 bits per heavy atom. The van der Waals surface area contributed by atoms with E-state index in [9.17, 15) is 0 Å². The van der Waals surface area contributed by atoms with Gasteiger partial charge in [0.05, 0.1) is 0 Å². The molecular formula is C33H62. The third-order valence-electron chi connectivity index (χ3n) is 9.73. The van der Waals surface area contributed by atoms with Crippen LogP contribution in [0.25, 0.3) is 0 Å². The second-order valence-corrected chi connectivity index (χ2v) is 17.8. The van der Waals surface area contributed by atoms with Crippen molar-refractivity contribution < 1.29 is 0 Å². The largest absolute Gasteiger partial charge is 0.0625 e. The van der Waals surface area contributed by atoms with Gasteiger partial charge < -0.3 is 0 Å². The number of hydrogen-bond donors (Lipinski definition) is 0. The van der Waals surface area contributed by atoms with Crippen LogP contribution in [-0.4, -0.2) is 0 Å². The Balaban J connectivity index is 0.000000148. The van der Waals surface area contributed by atoms with E-state index in [-0.39, 0.29) is 0 Å². The van der Waals surface area contributed by atoms with Crippen LogP contribution < -0.4 is 0 Å². The van der Waals surface area contributed by atoms with E-state index in [2.05, 4.69) is 76.2 Å². The van der Waals surface area contributed by atoms with Crippen molar-refractivity contribution in [1.29, 1.82) is 0 Å². The van der Waals surface area contributed by atoms with Gasteiger partial charge >= 0.3 is 0 Å². The molecule has 0 aromatic carbocycles. The first kappa shape index (κ1) is 27.6. The molecule has 33 heavy (non-hydrogen) atoms. The lowest BCUT2D eigenvalue weighted by molar-refractivity contribution is -0.0722. The summed E-state index contributed by atoms with van der Waals surface area (Å²) < 4.78 is 0. The normalized spacial score (nSPS) is 38.5. The standard InChI is InChI=1S/C15H26.2C9H18/c1-14(2,3)10-15-7-11-4-12(8-15)6-13(5-11)9-15;1-7-5-8(6-7)9(2,3)4;1-8(2,3)7-9(4)5-6-9/h11-13H,4-10H2,1-3H3;7-8H,5-6H2,1-4H3;5-7H2,1-4H3. The predicted molar refractivity (Wildman–Crippen MR) is 147 cm³/mol. The molecule has 6 aliphatic carbocycles. The highest BCUT2D eigenvalue weighted by Gasteiger charge is 2.51. The maximum absolute atomic E-state index is 2.44. The van der Waals surface area contributed by atoms with Crippen LogP contribution in [0.2, 0.25) is 0 Å². The molecule has 6 rings (SSSR count). The summed E-state index contributed by atoms with van der Waals surface area (Å²) in [5.74, 6) is 5.39. The molecule has 0 saturated heterocycles. The Morgan fingerprint density at radius 1 is 0.606 bits per heavy atom. The van der Waals surface area contributed by atoms with Crippen LogP contribution >= 0.6 is 0 Å². The van der Waals surface area contributed by atoms with Gasteiger partial charge in [0.2, 0.25) is 0 Å². The molecule has 0 radical (unpaired) electrons. The van der Waals surface area contributed by atoms with Gasteiger partial charge in [-0.25, -0.2) is 0 Å². The van der Waals surface area contributed by atoms with E-state index in [1.165, 1.54) is 38.5 Å². The van der Waals surface area contributed by atoms with Crippen molar-refractivity contribution in [2.24, 2.45) is 56.7 Å². The first-order valence-corrected chi connectivity index (χ1v) is 14.9. The van der Waals surface area contributed by atoms with Crippen molar-refractivity contribution >= 4 is 0 Å². The van der Waals surface area contributed by atoms with Crippen molar-refractivity contribution in [2.45, 2.75) is 153 Å². The Hall–Kier alpha value is 0. The minimum atomic E-state index is 0.547. The van der Waals surface area contributed by atoms with Gasteiger partial charge in [-0.05, 0) is 134 Å². The zero-order valence-corrected chi connectivity index (χ0v) is 24.9. The van der Waals surface area contributed by atoms with Crippen molar-refractivity contribution in [3.63, 3.8) is 0 Å². The number of hydrogen-bond acceptors (Lipinski definition) is 0. The molecular weight excluding hydrogens is 396 g/mol. The molecule has 0 nitrogen and oxygen atoms in total. The summed E-state index contributed by atoms with van der Waals surface area (Å²) in [5, 5.41) is 0. The molecule has 6 aliphatic rings. The van der Waals surface area contributed by atoms with E-state index in [0.29, 0.717) is 16.2 Å². The average Bonchev–Trinajstić information content (AvgIpc) is 3.23. The lowest BCUT2D eigenvalue weighted by atomic mass is 9.47. The molecule has 0 spiro atoms. The Kier molecular flexibility index (Phi) is 7.91. The number of rotatable bonds is 2. The van der Waals surface area contributed by atoms with Crippen LogP contribution in [0, 0.1) is 56.7 Å². The molecule has 0 amide bonds. The monoisotopic (exact) mass is 458 g/mol. The molecule has 0 N–H and O–H groups in total. The fourth-order valence-electron chi connectivity index (χ4n) is 8.91. The maximum Gasteiger partial charge on any atom is -0.0285 e. The van der Waals surface area contributed by atoms with Gasteiger partial charge in [0.1, 0.15) is 0 Å². The zero-order chi connectivity index (χ0) is 24.9. The van der Waals surface area contributed by atoms with Crippen molar-refractivity contribution in [1.82, 2.24) is 0 Å². The van der Waals surface area contributed by atoms with E-state index >= 15 is 0 Å². The van der Waals surface area contributed by atoms with Crippen LogP contribution in [0.3, 0.4) is 0 Å². The molecule has 0 heterocycles. The summed E-state index contributed by atoms with van der Waals surface area (Å²) in [4.78, 5) is 0. The van der Waals surface area contributed by atoms with Crippen molar-refractivity contribution in [3.8, 4) is 0 Å². The molecule has 0 heteroatoms. The first-order valence-electron chi connectivity index (χ1n) is 14.9. The van der Waals surface area contributed by atoms with Gasteiger partial charge in [-0.3, -0.25) is 0 Å². The van der Waals surface area contributed by atoms with Gasteiger partial charge in [0, 0.05) is 0 Å². The van der Waals surface area contributed by atoms with E-state index in [1.807, 2.05) is 0 Å². The van der Waals surface area contributed by atoms with E-state index < -0.39 is 0 Å². The lowest BCUT2D eigenvalue weighted by Gasteiger charge is -2.58. The maximum atomic E-state index is 2.44. The van der Waals surface area contributed by atoms with Crippen LogP contribution in [0.15, 0.2) is 0 Å². The lowest BCUT2D eigenvalue weighted by Crippen LogP contribution is -2.47.